The van der Waals surface area contributed by atoms with Gasteiger partial charge in [-0.05, 0) is 45.6 Å². The summed E-state index contributed by atoms with van der Waals surface area (Å²) in [5.41, 5.74) is 0. The summed E-state index contributed by atoms with van der Waals surface area (Å²) in [6.45, 7) is 0.229. The smallest absolute Gasteiger partial charge is 0.207 e. The van der Waals surface area contributed by atoms with Gasteiger partial charge in [0.05, 0.1) is 5.02 Å². The molecule has 0 atom stereocenters. The summed E-state index contributed by atoms with van der Waals surface area (Å²) in [6.07, 6.45) is 0. The van der Waals surface area contributed by atoms with E-state index in [-0.39, 0.29) is 16.5 Å². The number of halogens is 3. The first-order chi connectivity index (χ1) is 8.90. The zero-order valence-electron chi connectivity index (χ0n) is 9.36. The SMILES string of the molecule is O=S(=O)(NCc1sccc1Br)c1ccc(Br)cc1Cl. The summed E-state index contributed by atoms with van der Waals surface area (Å²) in [6, 6.07) is 6.54. The molecule has 0 aliphatic heterocycles. The van der Waals surface area contributed by atoms with E-state index < -0.39 is 10.0 Å². The summed E-state index contributed by atoms with van der Waals surface area (Å²) in [5, 5.41) is 2.08. The molecule has 2 rings (SSSR count). The van der Waals surface area contributed by atoms with Crippen molar-refractivity contribution in [2.75, 3.05) is 0 Å². The second-order valence-electron chi connectivity index (χ2n) is 3.59. The van der Waals surface area contributed by atoms with Gasteiger partial charge < -0.3 is 0 Å². The number of sulfonamides is 1. The Morgan fingerprint density at radius 3 is 2.58 bits per heavy atom. The van der Waals surface area contributed by atoms with Crippen molar-refractivity contribution < 1.29 is 8.42 Å². The van der Waals surface area contributed by atoms with E-state index in [1.54, 1.807) is 12.1 Å². The van der Waals surface area contributed by atoms with Crippen LogP contribution >= 0.6 is 54.8 Å². The third-order valence-corrected chi connectivity index (χ3v) is 6.60. The van der Waals surface area contributed by atoms with Crippen LogP contribution in [0.1, 0.15) is 4.88 Å². The zero-order valence-corrected chi connectivity index (χ0v) is 14.9. The minimum atomic E-state index is -3.62. The molecule has 19 heavy (non-hydrogen) atoms. The first kappa shape index (κ1) is 15.5. The normalized spacial score (nSPS) is 11.7. The van der Waals surface area contributed by atoms with Crippen LogP contribution in [0.2, 0.25) is 5.02 Å². The molecule has 0 saturated heterocycles. The van der Waals surface area contributed by atoms with E-state index in [9.17, 15) is 8.42 Å². The largest absolute Gasteiger partial charge is 0.242 e. The fourth-order valence-electron chi connectivity index (χ4n) is 1.38. The Morgan fingerprint density at radius 2 is 2.00 bits per heavy atom. The van der Waals surface area contributed by atoms with Gasteiger partial charge in [-0.2, -0.15) is 0 Å². The number of nitrogens with one attached hydrogen (secondary N) is 1. The second-order valence-corrected chi connectivity index (χ2v) is 8.50. The van der Waals surface area contributed by atoms with Gasteiger partial charge in [-0.3, -0.25) is 0 Å². The molecule has 102 valence electrons. The number of hydrogen-bond donors (Lipinski definition) is 1. The average Bonchev–Trinajstić information content (AvgIpc) is 2.72. The Labute approximate surface area is 137 Å². The summed E-state index contributed by atoms with van der Waals surface area (Å²) in [5.74, 6) is 0. The lowest BCUT2D eigenvalue weighted by molar-refractivity contribution is 0.582. The Morgan fingerprint density at radius 1 is 1.26 bits per heavy atom. The highest BCUT2D eigenvalue weighted by Gasteiger charge is 2.18. The van der Waals surface area contributed by atoms with Crippen LogP contribution in [-0.4, -0.2) is 8.42 Å². The van der Waals surface area contributed by atoms with Crippen LogP contribution in [0.5, 0.6) is 0 Å². The molecule has 3 nitrogen and oxygen atoms in total. The lowest BCUT2D eigenvalue weighted by Crippen LogP contribution is -2.23. The monoisotopic (exact) mass is 443 g/mol. The van der Waals surface area contributed by atoms with E-state index in [1.807, 2.05) is 11.4 Å². The second kappa shape index (κ2) is 6.24. The van der Waals surface area contributed by atoms with E-state index in [2.05, 4.69) is 36.6 Å². The highest BCUT2D eigenvalue weighted by Crippen LogP contribution is 2.26. The minimum absolute atomic E-state index is 0.0741. The maximum Gasteiger partial charge on any atom is 0.242 e. The lowest BCUT2D eigenvalue weighted by atomic mass is 10.4. The molecule has 0 saturated carbocycles. The van der Waals surface area contributed by atoms with Crippen molar-refractivity contribution in [1.82, 2.24) is 4.72 Å². The van der Waals surface area contributed by atoms with Crippen molar-refractivity contribution in [2.45, 2.75) is 11.4 Å². The molecule has 0 aliphatic carbocycles. The zero-order chi connectivity index (χ0) is 14.0. The van der Waals surface area contributed by atoms with Crippen LogP contribution in [-0.2, 0) is 16.6 Å². The van der Waals surface area contributed by atoms with E-state index >= 15 is 0 Å². The minimum Gasteiger partial charge on any atom is -0.207 e. The van der Waals surface area contributed by atoms with Crippen molar-refractivity contribution in [3.8, 4) is 0 Å². The quantitative estimate of drug-likeness (QED) is 0.758. The Kier molecular flexibility index (Phi) is 5.08. The maximum absolute atomic E-state index is 12.1. The van der Waals surface area contributed by atoms with E-state index in [0.717, 1.165) is 13.8 Å². The van der Waals surface area contributed by atoms with Gasteiger partial charge in [0, 0.05) is 20.4 Å². The summed E-state index contributed by atoms with van der Waals surface area (Å²) < 4.78 is 28.5. The molecule has 0 radical (unpaired) electrons. The van der Waals surface area contributed by atoms with Gasteiger partial charge in [-0.1, -0.05) is 27.5 Å². The Hall–Kier alpha value is 0.0800. The van der Waals surface area contributed by atoms with Crippen molar-refractivity contribution >= 4 is 64.8 Å². The molecule has 0 spiro atoms. The molecule has 1 N–H and O–H groups in total. The first-order valence-corrected chi connectivity index (χ1v) is 9.39. The van der Waals surface area contributed by atoms with Gasteiger partial charge in [0.25, 0.3) is 0 Å². The predicted octanol–water partition coefficient (Wildman–Crippen LogP) is 4.41. The fourth-order valence-corrected chi connectivity index (χ4v) is 4.94. The van der Waals surface area contributed by atoms with Crippen LogP contribution in [0, 0.1) is 0 Å². The van der Waals surface area contributed by atoms with Crippen molar-refractivity contribution in [1.29, 1.82) is 0 Å². The molecule has 0 fully saturated rings. The van der Waals surface area contributed by atoms with Gasteiger partial charge in [0.1, 0.15) is 4.90 Å². The highest BCUT2D eigenvalue weighted by atomic mass is 79.9. The molecule has 0 unspecified atom stereocenters. The Bertz CT molecular complexity index is 700. The first-order valence-electron chi connectivity index (χ1n) is 5.07. The molecular weight excluding hydrogens is 438 g/mol. The lowest BCUT2D eigenvalue weighted by Gasteiger charge is -2.08. The molecule has 1 heterocycles. The van der Waals surface area contributed by atoms with Crippen LogP contribution < -0.4 is 4.72 Å². The van der Waals surface area contributed by atoms with Gasteiger partial charge in [0.15, 0.2) is 0 Å². The molecule has 0 amide bonds. The highest BCUT2D eigenvalue weighted by molar-refractivity contribution is 9.10. The molecule has 8 heteroatoms. The molecular formula is C11H8Br2ClNO2S2. The van der Waals surface area contributed by atoms with Gasteiger partial charge in [0.2, 0.25) is 10.0 Å². The third kappa shape index (κ3) is 3.80. The van der Waals surface area contributed by atoms with Crippen LogP contribution in [0.4, 0.5) is 0 Å². The van der Waals surface area contributed by atoms with Crippen molar-refractivity contribution in [3.63, 3.8) is 0 Å². The molecule has 1 aromatic carbocycles. The molecule has 0 bridgehead atoms. The van der Waals surface area contributed by atoms with Crippen LogP contribution in [0.3, 0.4) is 0 Å². The van der Waals surface area contributed by atoms with E-state index in [4.69, 9.17) is 11.6 Å². The topological polar surface area (TPSA) is 46.2 Å². The van der Waals surface area contributed by atoms with Crippen molar-refractivity contribution in [2.24, 2.45) is 0 Å². The number of benzene rings is 1. The molecule has 2 aromatic rings. The van der Waals surface area contributed by atoms with E-state index in [1.165, 1.54) is 17.4 Å². The molecule has 1 aromatic heterocycles. The van der Waals surface area contributed by atoms with Gasteiger partial charge in [-0.25, -0.2) is 13.1 Å². The summed E-state index contributed by atoms with van der Waals surface area (Å²) in [4.78, 5) is 0.988. The number of hydrogen-bond acceptors (Lipinski definition) is 3. The summed E-state index contributed by atoms with van der Waals surface area (Å²) >= 11 is 14.0. The molecule has 0 aliphatic rings. The van der Waals surface area contributed by atoms with E-state index in [0.29, 0.717) is 0 Å². The maximum atomic E-state index is 12.1. The predicted molar refractivity (Wildman–Crippen MR) is 85.2 cm³/mol. The van der Waals surface area contributed by atoms with Crippen LogP contribution in [0.25, 0.3) is 0 Å². The Balaban J connectivity index is 2.21. The number of rotatable bonds is 4. The average molecular weight is 446 g/mol. The van der Waals surface area contributed by atoms with Gasteiger partial charge in [-0.15, -0.1) is 11.3 Å². The standard InChI is InChI=1S/C11H8Br2ClNO2S2/c12-7-1-2-11(9(14)5-7)19(16,17)15-6-10-8(13)3-4-18-10/h1-5,15H,6H2. The number of thiophene rings is 1. The van der Waals surface area contributed by atoms with Gasteiger partial charge >= 0.3 is 0 Å². The van der Waals surface area contributed by atoms with Crippen molar-refractivity contribution in [3.05, 3.63) is 48.5 Å². The summed E-state index contributed by atoms with van der Waals surface area (Å²) in [7, 11) is -3.62. The third-order valence-electron chi connectivity index (χ3n) is 2.30. The fraction of sp³-hybridized carbons (Fsp3) is 0.0909. The van der Waals surface area contributed by atoms with Crippen LogP contribution in [0.15, 0.2) is 43.5 Å².